The number of benzene rings is 1. The number of carbonyl (C=O) groups excluding carboxylic acids is 1. The van der Waals surface area contributed by atoms with Gasteiger partial charge in [0.1, 0.15) is 0 Å². The van der Waals surface area contributed by atoms with E-state index in [-0.39, 0.29) is 5.91 Å². The third kappa shape index (κ3) is 3.83. The van der Waals surface area contributed by atoms with Crippen LogP contribution < -0.4 is 5.32 Å². The molecule has 1 heterocycles. The average Bonchev–Trinajstić information content (AvgIpc) is 2.64. The highest BCUT2D eigenvalue weighted by Crippen LogP contribution is 2.55. The lowest BCUT2D eigenvalue weighted by Gasteiger charge is -2.58. The van der Waals surface area contributed by atoms with Crippen molar-refractivity contribution >= 4 is 27.5 Å². The first kappa shape index (κ1) is 18.1. The lowest BCUT2D eigenvalue weighted by molar-refractivity contribution is -0.118. The second kappa shape index (κ2) is 7.49. The van der Waals surface area contributed by atoms with Gasteiger partial charge in [0.2, 0.25) is 5.91 Å². The van der Waals surface area contributed by atoms with E-state index in [1.165, 1.54) is 32.1 Å². The van der Waals surface area contributed by atoms with E-state index < -0.39 is 0 Å². The van der Waals surface area contributed by atoms with Crippen LogP contribution in [-0.4, -0.2) is 54.5 Å². The molecule has 4 aliphatic carbocycles. The molecule has 4 bridgehead atoms. The third-order valence-corrected chi connectivity index (χ3v) is 8.03. The van der Waals surface area contributed by atoms with Gasteiger partial charge in [-0.3, -0.25) is 14.6 Å². The van der Waals surface area contributed by atoms with Crippen molar-refractivity contribution in [3.05, 3.63) is 28.7 Å². The highest BCUT2D eigenvalue weighted by molar-refractivity contribution is 9.10. The Bertz CT molecular complexity index is 655. The maximum Gasteiger partial charge on any atom is 0.238 e. The van der Waals surface area contributed by atoms with Gasteiger partial charge in [-0.15, -0.1) is 0 Å². The van der Waals surface area contributed by atoms with Gasteiger partial charge in [-0.25, -0.2) is 0 Å². The maximum atomic E-state index is 12.4. The minimum Gasteiger partial charge on any atom is -0.325 e. The summed E-state index contributed by atoms with van der Waals surface area (Å²) in [5.41, 5.74) is 0.871. The molecular formula is C22H30BrN3O. The van der Waals surface area contributed by atoms with Crippen LogP contribution in [0.3, 0.4) is 0 Å². The molecule has 0 radical (unpaired) electrons. The van der Waals surface area contributed by atoms with Crippen molar-refractivity contribution in [3.8, 4) is 0 Å². The normalized spacial score (nSPS) is 36.1. The maximum absolute atomic E-state index is 12.4. The zero-order chi connectivity index (χ0) is 18.4. The molecule has 4 nitrogen and oxygen atoms in total. The smallest absolute Gasteiger partial charge is 0.238 e. The van der Waals surface area contributed by atoms with Gasteiger partial charge in [0.15, 0.2) is 0 Å². The van der Waals surface area contributed by atoms with Crippen molar-refractivity contribution in [2.75, 3.05) is 38.0 Å². The second-order valence-corrected chi connectivity index (χ2v) is 10.2. The van der Waals surface area contributed by atoms with Gasteiger partial charge in [0.25, 0.3) is 0 Å². The molecule has 5 fully saturated rings. The number of hydrogen-bond donors (Lipinski definition) is 1. The molecule has 146 valence electrons. The van der Waals surface area contributed by atoms with Crippen LogP contribution in [0.1, 0.15) is 32.1 Å². The number of nitrogens with one attached hydrogen (secondary N) is 1. The van der Waals surface area contributed by atoms with Crippen LogP contribution in [0.5, 0.6) is 0 Å². The molecule has 1 N–H and O–H groups in total. The molecule has 1 saturated heterocycles. The number of rotatable bonds is 4. The van der Waals surface area contributed by atoms with Gasteiger partial charge < -0.3 is 5.32 Å². The van der Waals surface area contributed by atoms with Gasteiger partial charge in [-0.2, -0.15) is 0 Å². The molecule has 5 aliphatic rings. The highest BCUT2D eigenvalue weighted by atomic mass is 79.9. The summed E-state index contributed by atoms with van der Waals surface area (Å²) in [6, 6.07) is 8.63. The van der Waals surface area contributed by atoms with E-state index in [4.69, 9.17) is 0 Å². The Labute approximate surface area is 170 Å². The zero-order valence-corrected chi connectivity index (χ0v) is 17.5. The highest BCUT2D eigenvalue weighted by Gasteiger charge is 2.50. The van der Waals surface area contributed by atoms with Crippen LogP contribution in [0.15, 0.2) is 28.7 Å². The van der Waals surface area contributed by atoms with Crippen LogP contribution in [0, 0.1) is 23.7 Å². The van der Waals surface area contributed by atoms with Crippen molar-refractivity contribution in [2.24, 2.45) is 23.7 Å². The fraction of sp³-hybridized carbons (Fsp3) is 0.682. The van der Waals surface area contributed by atoms with E-state index in [1.54, 1.807) is 0 Å². The van der Waals surface area contributed by atoms with Crippen LogP contribution in [0.2, 0.25) is 0 Å². The lowest BCUT2D eigenvalue weighted by atomic mass is 9.54. The Hall–Kier alpha value is -0.910. The first-order valence-corrected chi connectivity index (χ1v) is 11.4. The Kier molecular flexibility index (Phi) is 5.03. The Balaban J connectivity index is 1.12. The van der Waals surface area contributed by atoms with Gasteiger partial charge >= 0.3 is 0 Å². The summed E-state index contributed by atoms with van der Waals surface area (Å²) in [4.78, 5) is 17.5. The van der Waals surface area contributed by atoms with Gasteiger partial charge in [0, 0.05) is 42.4 Å². The molecule has 4 saturated carbocycles. The molecule has 0 aromatic heterocycles. The first-order chi connectivity index (χ1) is 13.1. The fourth-order valence-electron chi connectivity index (χ4n) is 6.65. The van der Waals surface area contributed by atoms with Crippen LogP contribution in [-0.2, 0) is 4.79 Å². The lowest BCUT2D eigenvalue weighted by Crippen LogP contribution is -2.60. The van der Waals surface area contributed by atoms with E-state index >= 15 is 0 Å². The van der Waals surface area contributed by atoms with Crippen LogP contribution in [0.25, 0.3) is 0 Å². The molecule has 27 heavy (non-hydrogen) atoms. The minimum absolute atomic E-state index is 0.0976. The SMILES string of the molecule is O=C(CN1CCN(C2C3CC4CC(C3)CC2C4)CC1)Nc1ccc(Br)cc1. The summed E-state index contributed by atoms with van der Waals surface area (Å²) in [6.45, 7) is 4.83. The molecule has 1 aromatic carbocycles. The molecule has 0 spiro atoms. The molecule has 0 atom stereocenters. The summed E-state index contributed by atoms with van der Waals surface area (Å²) in [5.74, 6) is 4.13. The summed E-state index contributed by atoms with van der Waals surface area (Å²) in [7, 11) is 0. The van der Waals surface area contributed by atoms with E-state index in [0.29, 0.717) is 6.54 Å². The molecule has 5 heteroatoms. The van der Waals surface area contributed by atoms with Crippen molar-refractivity contribution in [1.82, 2.24) is 9.80 Å². The number of halogens is 1. The van der Waals surface area contributed by atoms with E-state index in [2.05, 4.69) is 31.0 Å². The van der Waals surface area contributed by atoms with Gasteiger partial charge in [-0.05, 0) is 80.0 Å². The van der Waals surface area contributed by atoms with Gasteiger partial charge in [0.05, 0.1) is 6.54 Å². The number of hydrogen-bond acceptors (Lipinski definition) is 3. The quantitative estimate of drug-likeness (QED) is 0.786. The Morgan fingerprint density at radius 3 is 2.11 bits per heavy atom. The molecule has 1 aromatic rings. The third-order valence-electron chi connectivity index (χ3n) is 7.50. The minimum atomic E-state index is 0.0976. The summed E-state index contributed by atoms with van der Waals surface area (Å²) in [6.07, 6.45) is 7.50. The summed E-state index contributed by atoms with van der Waals surface area (Å²) < 4.78 is 1.03. The Morgan fingerprint density at radius 1 is 0.926 bits per heavy atom. The van der Waals surface area contributed by atoms with Crippen molar-refractivity contribution in [3.63, 3.8) is 0 Å². The summed E-state index contributed by atoms with van der Waals surface area (Å²) >= 11 is 3.43. The van der Waals surface area contributed by atoms with Crippen LogP contribution >= 0.6 is 15.9 Å². The first-order valence-electron chi connectivity index (χ1n) is 10.7. The van der Waals surface area contributed by atoms with E-state index in [0.717, 1.165) is 66.1 Å². The molecule has 0 unspecified atom stereocenters. The van der Waals surface area contributed by atoms with E-state index in [1.807, 2.05) is 24.3 Å². The fourth-order valence-corrected chi connectivity index (χ4v) is 6.91. The standard InChI is InChI=1S/C22H30BrN3O/c23-19-1-3-20(4-2-19)24-21(27)14-25-5-7-26(8-6-25)22-17-10-15-9-16(12-17)13-18(22)11-15/h1-4,15-18,22H,5-14H2,(H,24,27). The molecule has 6 rings (SSSR count). The van der Waals surface area contributed by atoms with Gasteiger partial charge in [-0.1, -0.05) is 15.9 Å². The average molecular weight is 432 g/mol. The number of anilines is 1. The van der Waals surface area contributed by atoms with E-state index in [9.17, 15) is 4.79 Å². The molecule has 1 amide bonds. The topological polar surface area (TPSA) is 35.6 Å². The number of carbonyl (C=O) groups is 1. The van der Waals surface area contributed by atoms with Crippen molar-refractivity contribution in [1.29, 1.82) is 0 Å². The second-order valence-electron chi connectivity index (χ2n) is 9.29. The molecule has 1 aliphatic heterocycles. The summed E-state index contributed by atoms with van der Waals surface area (Å²) in [5, 5.41) is 3.02. The number of amides is 1. The predicted octanol–water partition coefficient (Wildman–Crippen LogP) is 3.83. The number of nitrogens with zero attached hydrogens (tertiary/aromatic N) is 2. The van der Waals surface area contributed by atoms with Crippen molar-refractivity contribution in [2.45, 2.75) is 38.1 Å². The van der Waals surface area contributed by atoms with Crippen LogP contribution in [0.4, 0.5) is 5.69 Å². The number of piperazine rings is 1. The molecular weight excluding hydrogens is 402 g/mol. The monoisotopic (exact) mass is 431 g/mol. The van der Waals surface area contributed by atoms with Crippen molar-refractivity contribution < 1.29 is 4.79 Å². The Morgan fingerprint density at radius 2 is 1.52 bits per heavy atom. The largest absolute Gasteiger partial charge is 0.325 e. The zero-order valence-electron chi connectivity index (χ0n) is 15.9. The predicted molar refractivity (Wildman–Crippen MR) is 112 cm³/mol.